The van der Waals surface area contributed by atoms with Gasteiger partial charge in [-0.1, -0.05) is 18.2 Å². The molecule has 0 amide bonds. The van der Waals surface area contributed by atoms with Gasteiger partial charge in [0.1, 0.15) is 5.75 Å². The van der Waals surface area contributed by atoms with Crippen molar-refractivity contribution < 1.29 is 9.47 Å². The maximum atomic E-state index is 5.62. The van der Waals surface area contributed by atoms with Crippen molar-refractivity contribution in [1.29, 1.82) is 0 Å². The van der Waals surface area contributed by atoms with E-state index < -0.39 is 0 Å². The molecular formula is C23H34IN5O2. The van der Waals surface area contributed by atoms with Gasteiger partial charge < -0.3 is 20.1 Å². The van der Waals surface area contributed by atoms with E-state index in [0.29, 0.717) is 19.0 Å². The number of halogens is 1. The molecule has 0 radical (unpaired) electrons. The number of likely N-dealkylation sites (tertiary alicyclic amines) is 1. The molecule has 1 unspecified atom stereocenters. The van der Waals surface area contributed by atoms with Crippen molar-refractivity contribution in [1.82, 2.24) is 20.5 Å². The average molecular weight is 539 g/mol. The van der Waals surface area contributed by atoms with Crippen LogP contribution in [0.4, 0.5) is 0 Å². The summed E-state index contributed by atoms with van der Waals surface area (Å²) in [6, 6.07) is 12.6. The Morgan fingerprint density at radius 1 is 1.16 bits per heavy atom. The monoisotopic (exact) mass is 539 g/mol. The highest BCUT2D eigenvalue weighted by atomic mass is 127. The summed E-state index contributed by atoms with van der Waals surface area (Å²) < 4.78 is 10.9. The summed E-state index contributed by atoms with van der Waals surface area (Å²) >= 11 is 0. The van der Waals surface area contributed by atoms with Crippen LogP contribution < -0.4 is 20.1 Å². The van der Waals surface area contributed by atoms with Crippen LogP contribution in [0.3, 0.4) is 0 Å². The SMILES string of the molecule is CCOc1ncccc1CNC(=NC)NCC(c1ccc(OC)cc1)N1CCCC1.I. The number of methoxy groups -OCH3 is 1. The first kappa shape index (κ1) is 25.2. The highest BCUT2D eigenvalue weighted by Crippen LogP contribution is 2.26. The molecule has 1 aromatic carbocycles. The molecular weight excluding hydrogens is 505 g/mol. The maximum Gasteiger partial charge on any atom is 0.218 e. The number of hydrogen-bond acceptors (Lipinski definition) is 5. The predicted octanol–water partition coefficient (Wildman–Crippen LogP) is 3.61. The lowest BCUT2D eigenvalue weighted by Gasteiger charge is -2.29. The van der Waals surface area contributed by atoms with Crippen LogP contribution >= 0.6 is 24.0 Å². The van der Waals surface area contributed by atoms with Gasteiger partial charge in [-0.25, -0.2) is 4.98 Å². The largest absolute Gasteiger partial charge is 0.497 e. The van der Waals surface area contributed by atoms with Gasteiger partial charge in [0.05, 0.1) is 19.8 Å². The van der Waals surface area contributed by atoms with E-state index in [0.717, 1.165) is 36.9 Å². The topological polar surface area (TPSA) is 71.0 Å². The summed E-state index contributed by atoms with van der Waals surface area (Å²) in [5, 5.41) is 6.88. The second-order valence-electron chi connectivity index (χ2n) is 7.24. The second-order valence-corrected chi connectivity index (χ2v) is 7.24. The molecule has 2 heterocycles. The molecule has 3 rings (SSSR count). The van der Waals surface area contributed by atoms with Gasteiger partial charge in [-0.15, -0.1) is 24.0 Å². The molecule has 1 aliphatic rings. The van der Waals surface area contributed by atoms with Crippen molar-refractivity contribution >= 4 is 29.9 Å². The number of nitrogens with one attached hydrogen (secondary N) is 2. The highest BCUT2D eigenvalue weighted by Gasteiger charge is 2.23. The number of aliphatic imine (C=N–C) groups is 1. The van der Waals surface area contributed by atoms with Gasteiger partial charge in [0.2, 0.25) is 5.88 Å². The Morgan fingerprint density at radius 3 is 2.55 bits per heavy atom. The molecule has 0 saturated carbocycles. The number of aromatic nitrogens is 1. The van der Waals surface area contributed by atoms with Crippen LogP contribution in [0.25, 0.3) is 0 Å². The lowest BCUT2D eigenvalue weighted by molar-refractivity contribution is 0.245. The molecule has 1 aliphatic heterocycles. The van der Waals surface area contributed by atoms with Crippen molar-refractivity contribution in [2.24, 2.45) is 4.99 Å². The summed E-state index contributed by atoms with van der Waals surface area (Å²) in [6.45, 7) is 6.17. The Morgan fingerprint density at radius 2 is 1.90 bits per heavy atom. The molecule has 1 aromatic heterocycles. The molecule has 2 aromatic rings. The third-order valence-electron chi connectivity index (χ3n) is 5.35. The van der Waals surface area contributed by atoms with Crippen LogP contribution in [0.2, 0.25) is 0 Å². The minimum absolute atomic E-state index is 0. The van der Waals surface area contributed by atoms with E-state index >= 15 is 0 Å². The molecule has 1 fully saturated rings. The van der Waals surface area contributed by atoms with Gasteiger partial charge in [-0.05, 0) is 56.6 Å². The van der Waals surface area contributed by atoms with Crippen LogP contribution in [0.1, 0.15) is 36.9 Å². The van der Waals surface area contributed by atoms with Gasteiger partial charge >= 0.3 is 0 Å². The number of pyridine rings is 1. The van der Waals surface area contributed by atoms with Crippen LogP contribution in [0, 0.1) is 0 Å². The smallest absolute Gasteiger partial charge is 0.218 e. The van der Waals surface area contributed by atoms with Gasteiger partial charge in [0, 0.05) is 31.9 Å². The summed E-state index contributed by atoms with van der Waals surface area (Å²) in [4.78, 5) is 11.2. The molecule has 0 spiro atoms. The first-order valence-corrected chi connectivity index (χ1v) is 10.6. The molecule has 0 bridgehead atoms. The third kappa shape index (κ3) is 7.24. The van der Waals surface area contributed by atoms with Gasteiger partial charge in [0.15, 0.2) is 5.96 Å². The van der Waals surface area contributed by atoms with Crippen molar-refractivity contribution in [2.75, 3.05) is 40.4 Å². The fourth-order valence-corrected chi connectivity index (χ4v) is 3.76. The molecule has 1 saturated heterocycles. The fourth-order valence-electron chi connectivity index (χ4n) is 3.76. The average Bonchev–Trinajstić information content (AvgIpc) is 3.32. The van der Waals surface area contributed by atoms with Gasteiger partial charge in [-0.3, -0.25) is 9.89 Å². The van der Waals surface area contributed by atoms with Crippen molar-refractivity contribution in [3.8, 4) is 11.6 Å². The standard InChI is InChI=1S/C23H33N5O2.HI/c1-4-30-22-19(8-7-13-25-22)16-26-23(24-2)27-17-21(28-14-5-6-15-28)18-9-11-20(29-3)12-10-18;/h7-13,21H,4-6,14-17H2,1-3H3,(H2,24,26,27);1H. The Balaban J connectivity index is 0.00000341. The van der Waals surface area contributed by atoms with E-state index in [4.69, 9.17) is 9.47 Å². The third-order valence-corrected chi connectivity index (χ3v) is 5.35. The lowest BCUT2D eigenvalue weighted by Crippen LogP contribution is -2.42. The first-order chi connectivity index (χ1) is 14.7. The van der Waals surface area contributed by atoms with Gasteiger partial charge in [0.25, 0.3) is 0 Å². The van der Waals surface area contributed by atoms with E-state index in [1.807, 2.05) is 31.2 Å². The van der Waals surface area contributed by atoms with Crippen LogP contribution in [0.5, 0.6) is 11.6 Å². The summed E-state index contributed by atoms with van der Waals surface area (Å²) in [5.41, 5.74) is 2.29. The van der Waals surface area contributed by atoms with E-state index in [9.17, 15) is 0 Å². The summed E-state index contributed by atoms with van der Waals surface area (Å²) in [5.74, 6) is 2.31. The Hall–Kier alpha value is -2.07. The number of benzene rings is 1. The van der Waals surface area contributed by atoms with Crippen molar-refractivity contribution in [3.05, 3.63) is 53.7 Å². The molecule has 7 nitrogen and oxygen atoms in total. The van der Waals surface area contributed by atoms with Crippen LogP contribution in [0.15, 0.2) is 47.6 Å². The summed E-state index contributed by atoms with van der Waals surface area (Å²) in [7, 11) is 3.49. The van der Waals surface area contributed by atoms with E-state index in [1.165, 1.54) is 18.4 Å². The predicted molar refractivity (Wildman–Crippen MR) is 136 cm³/mol. The zero-order valence-corrected chi connectivity index (χ0v) is 21.0. The van der Waals surface area contributed by atoms with Crippen molar-refractivity contribution in [3.63, 3.8) is 0 Å². The zero-order chi connectivity index (χ0) is 21.2. The minimum atomic E-state index is 0. The van der Waals surface area contributed by atoms with Crippen molar-refractivity contribution in [2.45, 2.75) is 32.4 Å². The quantitative estimate of drug-likeness (QED) is 0.288. The number of nitrogens with zero attached hydrogens (tertiary/aromatic N) is 3. The van der Waals surface area contributed by atoms with E-state index in [1.54, 1.807) is 20.4 Å². The maximum absolute atomic E-state index is 5.62. The minimum Gasteiger partial charge on any atom is -0.497 e. The molecule has 8 heteroatoms. The Labute approximate surface area is 202 Å². The van der Waals surface area contributed by atoms with Crippen LogP contribution in [-0.4, -0.2) is 56.2 Å². The van der Waals surface area contributed by atoms with E-state index in [2.05, 4.69) is 37.6 Å². The van der Waals surface area contributed by atoms with E-state index in [-0.39, 0.29) is 30.0 Å². The molecule has 2 N–H and O–H groups in total. The number of ether oxygens (including phenoxy) is 2. The molecule has 1 atom stereocenters. The Bertz CT molecular complexity index is 810. The summed E-state index contributed by atoms with van der Waals surface area (Å²) in [6.07, 6.45) is 4.25. The first-order valence-electron chi connectivity index (χ1n) is 10.6. The van der Waals surface area contributed by atoms with Gasteiger partial charge in [-0.2, -0.15) is 0 Å². The number of guanidine groups is 1. The van der Waals surface area contributed by atoms with Crippen LogP contribution in [-0.2, 0) is 6.54 Å². The zero-order valence-electron chi connectivity index (χ0n) is 18.6. The normalized spacial score (nSPS) is 15.1. The second kappa shape index (κ2) is 13.4. The number of hydrogen-bond donors (Lipinski definition) is 2. The number of rotatable bonds is 9. The fraction of sp³-hybridized carbons (Fsp3) is 0.478. The Kier molecular flexibility index (Phi) is 10.9. The molecule has 170 valence electrons. The lowest BCUT2D eigenvalue weighted by atomic mass is 10.1. The molecule has 31 heavy (non-hydrogen) atoms. The highest BCUT2D eigenvalue weighted by molar-refractivity contribution is 14.0. The molecule has 0 aliphatic carbocycles.